The highest BCUT2D eigenvalue weighted by Gasteiger charge is 2.31. The van der Waals surface area contributed by atoms with E-state index in [1.54, 1.807) is 16.9 Å². The van der Waals surface area contributed by atoms with Crippen LogP contribution in [-0.2, 0) is 7.05 Å². The van der Waals surface area contributed by atoms with E-state index in [2.05, 4.69) is 16.1 Å². The molecular weight excluding hydrogens is 278 g/mol. The number of nitrogens with zero attached hydrogens (tertiary/aromatic N) is 5. The molecule has 1 aliphatic rings. The number of rotatable bonds is 3. The van der Waals surface area contributed by atoms with Gasteiger partial charge in [0, 0.05) is 40.1 Å². The smallest absolute Gasteiger partial charge is 0.274 e. The van der Waals surface area contributed by atoms with Crippen LogP contribution >= 0.6 is 0 Å². The third-order valence-electron chi connectivity index (χ3n) is 4.06. The van der Waals surface area contributed by atoms with Crippen LogP contribution in [0, 0.1) is 0 Å². The molecule has 0 N–H and O–H groups in total. The SMILES string of the molecule is CN(C)c1cc([C@@H]2CCCN2C(=O)c2ccn(C)n2)ccn1. The molecule has 0 bridgehead atoms. The van der Waals surface area contributed by atoms with Gasteiger partial charge in [-0.15, -0.1) is 0 Å². The number of hydrogen-bond donors (Lipinski definition) is 0. The van der Waals surface area contributed by atoms with Crippen LogP contribution in [0.3, 0.4) is 0 Å². The second-order valence-electron chi connectivity index (χ2n) is 5.87. The molecule has 0 unspecified atom stereocenters. The van der Waals surface area contributed by atoms with Gasteiger partial charge in [0.05, 0.1) is 6.04 Å². The largest absolute Gasteiger partial charge is 0.363 e. The molecule has 3 heterocycles. The number of hydrogen-bond acceptors (Lipinski definition) is 4. The van der Waals surface area contributed by atoms with Crippen LogP contribution in [0.25, 0.3) is 0 Å². The highest BCUT2D eigenvalue weighted by molar-refractivity contribution is 5.92. The molecule has 2 aromatic heterocycles. The molecule has 3 rings (SSSR count). The lowest BCUT2D eigenvalue weighted by atomic mass is 10.1. The second-order valence-corrected chi connectivity index (χ2v) is 5.87. The summed E-state index contributed by atoms with van der Waals surface area (Å²) >= 11 is 0. The second kappa shape index (κ2) is 5.79. The molecule has 2 aromatic rings. The molecule has 1 fully saturated rings. The Labute approximate surface area is 130 Å². The summed E-state index contributed by atoms with van der Waals surface area (Å²) in [4.78, 5) is 20.9. The monoisotopic (exact) mass is 299 g/mol. The Hall–Kier alpha value is -2.37. The molecule has 0 radical (unpaired) electrons. The number of pyridine rings is 1. The van der Waals surface area contributed by atoms with Gasteiger partial charge in [0.2, 0.25) is 0 Å². The predicted molar refractivity (Wildman–Crippen MR) is 84.8 cm³/mol. The van der Waals surface area contributed by atoms with Crippen molar-refractivity contribution in [3.8, 4) is 0 Å². The number of amides is 1. The van der Waals surface area contributed by atoms with Gasteiger partial charge in [-0.25, -0.2) is 4.98 Å². The van der Waals surface area contributed by atoms with Crippen molar-refractivity contribution in [2.45, 2.75) is 18.9 Å². The molecule has 6 heteroatoms. The Morgan fingerprint density at radius 1 is 1.36 bits per heavy atom. The van der Waals surface area contributed by atoms with Crippen LogP contribution in [0.1, 0.15) is 34.9 Å². The fourth-order valence-corrected chi connectivity index (χ4v) is 2.92. The number of likely N-dealkylation sites (tertiary alicyclic amines) is 1. The number of carbonyl (C=O) groups is 1. The first-order valence-corrected chi connectivity index (χ1v) is 7.50. The molecule has 0 aromatic carbocycles. The summed E-state index contributed by atoms with van der Waals surface area (Å²) in [5.74, 6) is 0.918. The summed E-state index contributed by atoms with van der Waals surface area (Å²) < 4.78 is 1.66. The van der Waals surface area contributed by atoms with E-state index in [9.17, 15) is 4.79 Å². The van der Waals surface area contributed by atoms with Gasteiger partial charge in [-0.2, -0.15) is 5.10 Å². The summed E-state index contributed by atoms with van der Waals surface area (Å²) in [6.45, 7) is 0.777. The maximum Gasteiger partial charge on any atom is 0.274 e. The number of aromatic nitrogens is 3. The van der Waals surface area contributed by atoms with E-state index in [-0.39, 0.29) is 11.9 Å². The molecule has 116 valence electrons. The average molecular weight is 299 g/mol. The van der Waals surface area contributed by atoms with Crippen molar-refractivity contribution in [3.63, 3.8) is 0 Å². The highest BCUT2D eigenvalue weighted by atomic mass is 16.2. The molecule has 0 spiro atoms. The first-order valence-electron chi connectivity index (χ1n) is 7.50. The van der Waals surface area contributed by atoms with E-state index in [4.69, 9.17) is 0 Å². The van der Waals surface area contributed by atoms with E-state index >= 15 is 0 Å². The van der Waals surface area contributed by atoms with Gasteiger partial charge in [-0.1, -0.05) is 0 Å². The van der Waals surface area contributed by atoms with Crippen LogP contribution in [0.15, 0.2) is 30.6 Å². The molecule has 1 atom stereocenters. The van der Waals surface area contributed by atoms with Gasteiger partial charge in [0.1, 0.15) is 11.5 Å². The Balaban J connectivity index is 1.87. The summed E-state index contributed by atoms with van der Waals surface area (Å²) in [6, 6.07) is 5.95. The van der Waals surface area contributed by atoms with Gasteiger partial charge >= 0.3 is 0 Å². The van der Waals surface area contributed by atoms with Crippen molar-refractivity contribution in [2.75, 3.05) is 25.5 Å². The van der Waals surface area contributed by atoms with E-state index in [0.29, 0.717) is 5.69 Å². The summed E-state index contributed by atoms with van der Waals surface area (Å²) in [6.07, 6.45) is 5.61. The molecule has 1 saturated heterocycles. The number of anilines is 1. The van der Waals surface area contributed by atoms with Gasteiger partial charge in [-0.3, -0.25) is 9.48 Å². The van der Waals surface area contributed by atoms with Crippen molar-refractivity contribution in [2.24, 2.45) is 7.05 Å². The minimum Gasteiger partial charge on any atom is -0.363 e. The highest BCUT2D eigenvalue weighted by Crippen LogP contribution is 2.33. The van der Waals surface area contributed by atoms with E-state index < -0.39 is 0 Å². The number of carbonyl (C=O) groups excluding carboxylic acids is 1. The fourth-order valence-electron chi connectivity index (χ4n) is 2.92. The minimum atomic E-state index is 0.00585. The normalized spacial score (nSPS) is 17.8. The molecule has 0 aliphatic carbocycles. The van der Waals surface area contributed by atoms with Crippen LogP contribution in [0.2, 0.25) is 0 Å². The molecule has 1 aliphatic heterocycles. The lowest BCUT2D eigenvalue weighted by molar-refractivity contribution is 0.0729. The van der Waals surface area contributed by atoms with Crippen molar-refractivity contribution >= 4 is 11.7 Å². The minimum absolute atomic E-state index is 0.00585. The maximum absolute atomic E-state index is 12.7. The summed E-state index contributed by atoms with van der Waals surface area (Å²) in [7, 11) is 5.76. The fraction of sp³-hybridized carbons (Fsp3) is 0.438. The van der Waals surface area contributed by atoms with Crippen LogP contribution in [0.4, 0.5) is 5.82 Å². The maximum atomic E-state index is 12.7. The zero-order valence-electron chi connectivity index (χ0n) is 13.2. The first kappa shape index (κ1) is 14.6. The third kappa shape index (κ3) is 2.68. The summed E-state index contributed by atoms with van der Waals surface area (Å²) in [5.41, 5.74) is 1.65. The first-order chi connectivity index (χ1) is 10.6. The van der Waals surface area contributed by atoms with E-state index in [0.717, 1.165) is 30.8 Å². The van der Waals surface area contributed by atoms with Crippen LogP contribution in [0.5, 0.6) is 0 Å². The van der Waals surface area contributed by atoms with Gasteiger partial charge in [0.15, 0.2) is 0 Å². The number of aryl methyl sites for hydroxylation is 1. The zero-order chi connectivity index (χ0) is 15.7. The van der Waals surface area contributed by atoms with Gasteiger partial charge in [-0.05, 0) is 36.6 Å². The zero-order valence-corrected chi connectivity index (χ0v) is 13.2. The lowest BCUT2D eigenvalue weighted by Gasteiger charge is -2.25. The summed E-state index contributed by atoms with van der Waals surface area (Å²) in [5, 5.41) is 4.23. The Morgan fingerprint density at radius 3 is 2.86 bits per heavy atom. The van der Waals surface area contributed by atoms with E-state index in [1.165, 1.54) is 0 Å². The molecule has 0 saturated carbocycles. The molecule has 22 heavy (non-hydrogen) atoms. The van der Waals surface area contributed by atoms with Crippen LogP contribution in [-0.4, -0.2) is 46.2 Å². The average Bonchev–Trinajstić information content (AvgIpc) is 3.15. The lowest BCUT2D eigenvalue weighted by Crippen LogP contribution is -2.31. The molecule has 1 amide bonds. The van der Waals surface area contributed by atoms with E-state index in [1.807, 2.05) is 43.2 Å². The predicted octanol–water partition coefficient (Wildman–Crippen LogP) is 1.86. The van der Waals surface area contributed by atoms with Crippen molar-refractivity contribution in [3.05, 3.63) is 41.9 Å². The quantitative estimate of drug-likeness (QED) is 0.868. The Morgan fingerprint density at radius 2 is 2.18 bits per heavy atom. The third-order valence-corrected chi connectivity index (χ3v) is 4.06. The van der Waals surface area contributed by atoms with Gasteiger partial charge < -0.3 is 9.80 Å². The van der Waals surface area contributed by atoms with Crippen molar-refractivity contribution in [1.29, 1.82) is 0 Å². The Bertz CT molecular complexity index is 679. The standard InChI is InChI=1S/C16H21N5O/c1-19(2)15-11-12(6-8-17-15)14-5-4-9-21(14)16(22)13-7-10-20(3)18-13/h6-8,10-11,14H,4-5,9H2,1-3H3/t14-/m0/s1. The van der Waals surface area contributed by atoms with Crippen molar-refractivity contribution < 1.29 is 4.79 Å². The molecular formula is C16H21N5O. The van der Waals surface area contributed by atoms with Crippen LogP contribution < -0.4 is 4.90 Å². The van der Waals surface area contributed by atoms with Crippen molar-refractivity contribution in [1.82, 2.24) is 19.7 Å². The Kier molecular flexibility index (Phi) is 3.83. The molecule has 6 nitrogen and oxygen atoms in total. The topological polar surface area (TPSA) is 54.3 Å². The van der Waals surface area contributed by atoms with Gasteiger partial charge in [0.25, 0.3) is 5.91 Å².